The minimum Gasteiger partial charge on any atom is -0.453 e. The Bertz CT molecular complexity index is 603. The normalized spacial score (nSPS) is 16.1. The van der Waals surface area contributed by atoms with Crippen LogP contribution in [-0.2, 0) is 14.3 Å². The summed E-state index contributed by atoms with van der Waals surface area (Å²) in [6.07, 6.45) is 6.56. The Morgan fingerprint density at radius 2 is 1.76 bits per heavy atom. The van der Waals surface area contributed by atoms with Crippen molar-refractivity contribution >= 4 is 23.3 Å². The molecule has 0 saturated heterocycles. The minimum atomic E-state index is -0.841. The molecule has 0 bridgehead atoms. The molecule has 5 nitrogen and oxygen atoms in total. The maximum absolute atomic E-state index is 12.1. The van der Waals surface area contributed by atoms with E-state index in [9.17, 15) is 14.4 Å². The number of esters is 1. The van der Waals surface area contributed by atoms with Gasteiger partial charge in [0.1, 0.15) is 0 Å². The molecule has 2 rings (SSSR count). The number of ketones is 1. The minimum absolute atomic E-state index is 0.0295. The Morgan fingerprint density at radius 1 is 1.12 bits per heavy atom. The van der Waals surface area contributed by atoms with Crippen molar-refractivity contribution in [2.45, 2.75) is 64.9 Å². The topological polar surface area (TPSA) is 72.5 Å². The van der Waals surface area contributed by atoms with Gasteiger partial charge in [-0.05, 0) is 50.5 Å². The fourth-order valence-corrected chi connectivity index (χ4v) is 3.14. The SMILES string of the molecule is CC(=O)c1ccc(NC(=O)[C@H](C)OC(=O)CCC2CCCCC2)cc1. The second kappa shape index (κ2) is 9.35. The lowest BCUT2D eigenvalue weighted by Gasteiger charge is -2.21. The quantitative estimate of drug-likeness (QED) is 0.596. The molecule has 0 unspecified atom stereocenters. The lowest BCUT2D eigenvalue weighted by molar-refractivity contribution is -0.153. The summed E-state index contributed by atoms with van der Waals surface area (Å²) in [4.78, 5) is 35.3. The Labute approximate surface area is 149 Å². The van der Waals surface area contributed by atoms with Gasteiger partial charge in [-0.1, -0.05) is 32.1 Å². The average molecular weight is 345 g/mol. The number of hydrogen-bond donors (Lipinski definition) is 1. The van der Waals surface area contributed by atoms with E-state index in [2.05, 4.69) is 5.32 Å². The van der Waals surface area contributed by atoms with Crippen LogP contribution in [0.25, 0.3) is 0 Å². The van der Waals surface area contributed by atoms with Crippen molar-refractivity contribution in [3.8, 4) is 0 Å². The van der Waals surface area contributed by atoms with Crippen LogP contribution in [0.4, 0.5) is 5.69 Å². The van der Waals surface area contributed by atoms with Crippen molar-refractivity contribution in [3.63, 3.8) is 0 Å². The van der Waals surface area contributed by atoms with Crippen LogP contribution in [0.1, 0.15) is 69.2 Å². The fraction of sp³-hybridized carbons (Fsp3) is 0.550. The number of carbonyl (C=O) groups excluding carboxylic acids is 3. The summed E-state index contributed by atoms with van der Waals surface area (Å²) < 4.78 is 5.23. The monoisotopic (exact) mass is 345 g/mol. The van der Waals surface area contributed by atoms with Gasteiger partial charge in [0, 0.05) is 17.7 Å². The van der Waals surface area contributed by atoms with Crippen molar-refractivity contribution in [1.29, 1.82) is 0 Å². The summed E-state index contributed by atoms with van der Waals surface area (Å²) in [6.45, 7) is 3.06. The number of ether oxygens (including phenoxy) is 1. The van der Waals surface area contributed by atoms with Crippen LogP contribution in [0.5, 0.6) is 0 Å². The molecule has 1 N–H and O–H groups in total. The lowest BCUT2D eigenvalue weighted by Crippen LogP contribution is -2.30. The predicted molar refractivity (Wildman–Crippen MR) is 96.4 cm³/mol. The zero-order chi connectivity index (χ0) is 18.2. The number of Topliss-reactive ketones (excluding diaryl/α,β-unsaturated/α-hetero) is 1. The fourth-order valence-electron chi connectivity index (χ4n) is 3.14. The molecule has 136 valence electrons. The zero-order valence-electron chi connectivity index (χ0n) is 15.0. The second-order valence-electron chi connectivity index (χ2n) is 6.80. The van der Waals surface area contributed by atoms with Crippen LogP contribution in [0.15, 0.2) is 24.3 Å². The van der Waals surface area contributed by atoms with E-state index >= 15 is 0 Å². The first-order chi connectivity index (χ1) is 12.0. The molecule has 0 heterocycles. The summed E-state index contributed by atoms with van der Waals surface area (Å²) in [5, 5.41) is 2.69. The number of rotatable bonds is 7. The van der Waals surface area contributed by atoms with Crippen LogP contribution in [0.3, 0.4) is 0 Å². The molecule has 1 aromatic carbocycles. The number of carbonyl (C=O) groups is 3. The summed E-state index contributed by atoms with van der Waals surface area (Å²) in [7, 11) is 0. The number of anilines is 1. The molecule has 25 heavy (non-hydrogen) atoms. The van der Waals surface area contributed by atoms with Gasteiger partial charge in [-0.25, -0.2) is 0 Å². The smallest absolute Gasteiger partial charge is 0.306 e. The predicted octanol–water partition coefficient (Wildman–Crippen LogP) is 4.12. The Kier molecular flexibility index (Phi) is 7.16. The van der Waals surface area contributed by atoms with Crippen molar-refractivity contribution in [1.82, 2.24) is 0 Å². The molecular weight excluding hydrogens is 318 g/mol. The summed E-state index contributed by atoms with van der Waals surface area (Å²) in [6, 6.07) is 6.62. The van der Waals surface area contributed by atoms with Crippen molar-refractivity contribution in [2.24, 2.45) is 5.92 Å². The third kappa shape index (κ3) is 6.33. The highest BCUT2D eigenvalue weighted by atomic mass is 16.5. The van der Waals surface area contributed by atoms with Gasteiger partial charge in [0.25, 0.3) is 5.91 Å². The summed E-state index contributed by atoms with van der Waals surface area (Å²) in [5.74, 6) is -0.106. The molecule has 1 aromatic rings. The third-order valence-electron chi connectivity index (χ3n) is 4.72. The molecule has 1 fully saturated rings. The Morgan fingerprint density at radius 3 is 2.36 bits per heavy atom. The maximum Gasteiger partial charge on any atom is 0.306 e. The van der Waals surface area contributed by atoms with Crippen LogP contribution in [0.2, 0.25) is 0 Å². The van der Waals surface area contributed by atoms with Crippen molar-refractivity contribution in [3.05, 3.63) is 29.8 Å². The molecule has 0 spiro atoms. The van der Waals surface area contributed by atoms with Gasteiger partial charge in [0.05, 0.1) is 0 Å². The molecule has 1 atom stereocenters. The van der Waals surface area contributed by atoms with E-state index in [-0.39, 0.29) is 17.7 Å². The maximum atomic E-state index is 12.1. The number of hydrogen-bond acceptors (Lipinski definition) is 4. The molecule has 1 aliphatic rings. The molecule has 5 heteroatoms. The Hall–Kier alpha value is -2.17. The third-order valence-corrected chi connectivity index (χ3v) is 4.72. The molecule has 1 amide bonds. The second-order valence-corrected chi connectivity index (χ2v) is 6.80. The zero-order valence-corrected chi connectivity index (χ0v) is 15.0. The molecule has 0 aromatic heterocycles. The Balaban J connectivity index is 1.74. The van der Waals surface area contributed by atoms with Gasteiger partial charge in [0.2, 0.25) is 0 Å². The van der Waals surface area contributed by atoms with Gasteiger partial charge in [-0.2, -0.15) is 0 Å². The number of amides is 1. The molecule has 0 aliphatic heterocycles. The lowest BCUT2D eigenvalue weighted by atomic mass is 9.86. The number of nitrogens with one attached hydrogen (secondary N) is 1. The largest absolute Gasteiger partial charge is 0.453 e. The first kappa shape index (κ1) is 19.2. The molecule has 1 aliphatic carbocycles. The molecular formula is C20H27NO4. The standard InChI is InChI=1S/C20H27NO4/c1-14(22)17-9-11-18(12-10-17)21-20(24)15(2)25-19(23)13-8-16-6-4-3-5-7-16/h9-12,15-16H,3-8,13H2,1-2H3,(H,21,24)/t15-/m0/s1. The van der Waals surface area contributed by atoms with Gasteiger partial charge >= 0.3 is 5.97 Å². The van der Waals surface area contributed by atoms with E-state index in [4.69, 9.17) is 4.74 Å². The van der Waals surface area contributed by atoms with Crippen molar-refractivity contribution < 1.29 is 19.1 Å². The summed E-state index contributed by atoms with van der Waals surface area (Å²) >= 11 is 0. The van der Waals surface area contributed by atoms with Crippen LogP contribution in [-0.4, -0.2) is 23.8 Å². The van der Waals surface area contributed by atoms with E-state index in [0.29, 0.717) is 23.6 Å². The first-order valence-electron chi connectivity index (χ1n) is 9.07. The highest BCUT2D eigenvalue weighted by molar-refractivity contribution is 5.97. The van der Waals surface area contributed by atoms with E-state index in [1.54, 1.807) is 31.2 Å². The molecule has 0 radical (unpaired) electrons. The van der Waals surface area contributed by atoms with Gasteiger partial charge in [-0.15, -0.1) is 0 Å². The van der Waals surface area contributed by atoms with Gasteiger partial charge < -0.3 is 10.1 Å². The van der Waals surface area contributed by atoms with E-state index in [0.717, 1.165) is 6.42 Å². The first-order valence-corrected chi connectivity index (χ1v) is 9.07. The van der Waals surface area contributed by atoms with Gasteiger partial charge in [-0.3, -0.25) is 14.4 Å². The van der Waals surface area contributed by atoms with E-state index in [1.807, 2.05) is 0 Å². The van der Waals surface area contributed by atoms with E-state index in [1.165, 1.54) is 39.0 Å². The van der Waals surface area contributed by atoms with E-state index < -0.39 is 6.10 Å². The highest BCUT2D eigenvalue weighted by Gasteiger charge is 2.20. The summed E-state index contributed by atoms with van der Waals surface area (Å²) in [5.41, 5.74) is 1.15. The average Bonchev–Trinajstić information content (AvgIpc) is 2.61. The van der Waals surface area contributed by atoms with Crippen LogP contribution in [0, 0.1) is 5.92 Å². The number of benzene rings is 1. The molecule has 1 saturated carbocycles. The highest BCUT2D eigenvalue weighted by Crippen LogP contribution is 2.27. The van der Waals surface area contributed by atoms with Crippen molar-refractivity contribution in [2.75, 3.05) is 5.32 Å². The van der Waals surface area contributed by atoms with Gasteiger partial charge in [0.15, 0.2) is 11.9 Å². The van der Waals surface area contributed by atoms with Crippen LogP contribution < -0.4 is 5.32 Å². The van der Waals surface area contributed by atoms with Crippen LogP contribution >= 0.6 is 0 Å².